The first-order chi connectivity index (χ1) is 9.19. The maximum absolute atomic E-state index is 12.5. The van der Waals surface area contributed by atoms with Crippen molar-refractivity contribution >= 4 is 23.2 Å². The fourth-order valence-electron chi connectivity index (χ4n) is 2.88. The van der Waals surface area contributed by atoms with Gasteiger partial charge in [-0.1, -0.05) is 0 Å². The number of rotatable bonds is 2. The van der Waals surface area contributed by atoms with E-state index in [1.54, 1.807) is 18.3 Å². The number of carbonyl (C=O) groups is 1. The van der Waals surface area contributed by atoms with E-state index >= 15 is 0 Å². The lowest BCUT2D eigenvalue weighted by Gasteiger charge is -2.37. The second-order valence-corrected chi connectivity index (χ2v) is 6.47. The van der Waals surface area contributed by atoms with E-state index in [0.29, 0.717) is 18.0 Å². The summed E-state index contributed by atoms with van der Waals surface area (Å²) in [7, 11) is 0. The Labute approximate surface area is 117 Å². The molecule has 2 N–H and O–H groups in total. The highest BCUT2D eigenvalue weighted by Gasteiger charge is 2.42. The normalized spacial score (nSPS) is 30.6. The first kappa shape index (κ1) is 12.9. The molecule has 2 aliphatic rings. The average Bonchev–Trinajstić information content (AvgIpc) is 2.87. The number of Topliss-reactive ketones (excluding diaryl/α,β-unsaturated/α-hetero) is 1. The quantitative estimate of drug-likeness (QED) is 0.840. The van der Waals surface area contributed by atoms with Crippen LogP contribution in [0.15, 0.2) is 18.3 Å². The van der Waals surface area contributed by atoms with Crippen molar-refractivity contribution in [2.24, 2.45) is 5.92 Å². The van der Waals surface area contributed by atoms with Gasteiger partial charge in [0.2, 0.25) is 0 Å². The minimum absolute atomic E-state index is 0.0450. The standard InChI is InChI=1S/C14H18N2O2S/c15-11-1-2-12(16-8-11)13(17)10-3-5-18-14(7-10)4-6-19-9-14/h1-2,8,10H,3-7,9,15H2. The van der Waals surface area contributed by atoms with Gasteiger partial charge in [-0.05, 0) is 37.1 Å². The fourth-order valence-corrected chi connectivity index (χ4v) is 4.25. The number of thioether (sulfide) groups is 1. The molecule has 4 nitrogen and oxygen atoms in total. The van der Waals surface area contributed by atoms with Crippen molar-refractivity contribution in [2.75, 3.05) is 23.8 Å². The lowest BCUT2D eigenvalue weighted by molar-refractivity contribution is -0.0735. The van der Waals surface area contributed by atoms with Gasteiger partial charge in [0.25, 0.3) is 0 Å². The number of aromatic nitrogens is 1. The highest BCUT2D eigenvalue weighted by Crippen LogP contribution is 2.41. The molecule has 1 aromatic heterocycles. The number of hydrogen-bond acceptors (Lipinski definition) is 5. The summed E-state index contributed by atoms with van der Waals surface area (Å²) in [6.07, 6.45) is 4.26. The molecule has 0 radical (unpaired) electrons. The number of nitrogens with zero attached hydrogens (tertiary/aromatic N) is 1. The molecule has 0 bridgehead atoms. The van der Waals surface area contributed by atoms with Crippen molar-refractivity contribution in [2.45, 2.75) is 24.9 Å². The number of ether oxygens (including phenoxy) is 1. The molecule has 0 aliphatic carbocycles. The number of nitrogens with two attached hydrogens (primary N) is 1. The smallest absolute Gasteiger partial charge is 0.184 e. The van der Waals surface area contributed by atoms with Crippen molar-refractivity contribution in [3.8, 4) is 0 Å². The highest BCUT2D eigenvalue weighted by molar-refractivity contribution is 7.99. The van der Waals surface area contributed by atoms with E-state index in [1.165, 1.54) is 0 Å². The Balaban J connectivity index is 1.74. The van der Waals surface area contributed by atoms with Crippen LogP contribution < -0.4 is 5.73 Å². The van der Waals surface area contributed by atoms with Crippen LogP contribution in [-0.4, -0.2) is 34.5 Å². The molecular formula is C14H18N2O2S. The van der Waals surface area contributed by atoms with Crippen LogP contribution in [0.25, 0.3) is 0 Å². The fraction of sp³-hybridized carbons (Fsp3) is 0.571. The Hall–Kier alpha value is -1.07. The van der Waals surface area contributed by atoms with E-state index < -0.39 is 0 Å². The Morgan fingerprint density at radius 2 is 2.42 bits per heavy atom. The number of hydrogen-bond donors (Lipinski definition) is 1. The summed E-state index contributed by atoms with van der Waals surface area (Å²) in [5, 5.41) is 0. The summed E-state index contributed by atoms with van der Waals surface area (Å²) < 4.78 is 5.95. The molecule has 2 saturated heterocycles. The molecule has 1 aromatic rings. The van der Waals surface area contributed by atoms with Gasteiger partial charge in [-0.3, -0.25) is 9.78 Å². The SMILES string of the molecule is Nc1ccc(C(=O)C2CCOC3(CCSC3)C2)nc1. The predicted octanol–water partition coefficient (Wildman–Crippen LogP) is 2.15. The van der Waals surface area contributed by atoms with Crippen molar-refractivity contribution < 1.29 is 9.53 Å². The van der Waals surface area contributed by atoms with Crippen LogP contribution in [-0.2, 0) is 4.74 Å². The average molecular weight is 278 g/mol. The number of carbonyl (C=O) groups excluding carboxylic acids is 1. The molecular weight excluding hydrogens is 260 g/mol. The lowest BCUT2D eigenvalue weighted by Crippen LogP contribution is -2.42. The minimum atomic E-state index is -0.0585. The summed E-state index contributed by atoms with van der Waals surface area (Å²) in [6.45, 7) is 0.686. The molecule has 2 unspecified atom stereocenters. The summed E-state index contributed by atoms with van der Waals surface area (Å²) in [4.78, 5) is 16.6. The van der Waals surface area contributed by atoms with Gasteiger partial charge in [-0.15, -0.1) is 0 Å². The largest absolute Gasteiger partial charge is 0.397 e. The molecule has 1 spiro atoms. The summed E-state index contributed by atoms with van der Waals surface area (Å²) >= 11 is 1.92. The zero-order valence-corrected chi connectivity index (χ0v) is 11.6. The third-order valence-electron chi connectivity index (χ3n) is 3.97. The summed E-state index contributed by atoms with van der Waals surface area (Å²) in [5.74, 6) is 2.34. The Kier molecular flexibility index (Phi) is 3.50. The van der Waals surface area contributed by atoms with Gasteiger partial charge >= 0.3 is 0 Å². The maximum atomic E-state index is 12.5. The van der Waals surface area contributed by atoms with Crippen LogP contribution in [0.4, 0.5) is 5.69 Å². The topological polar surface area (TPSA) is 65.2 Å². The van der Waals surface area contributed by atoms with Gasteiger partial charge in [0.05, 0.1) is 17.5 Å². The van der Waals surface area contributed by atoms with E-state index in [1.807, 2.05) is 11.8 Å². The van der Waals surface area contributed by atoms with Crippen LogP contribution in [0, 0.1) is 5.92 Å². The van der Waals surface area contributed by atoms with Crippen LogP contribution >= 0.6 is 11.8 Å². The highest BCUT2D eigenvalue weighted by atomic mass is 32.2. The van der Waals surface area contributed by atoms with Gasteiger partial charge in [0.1, 0.15) is 5.69 Å². The van der Waals surface area contributed by atoms with E-state index in [4.69, 9.17) is 10.5 Å². The third kappa shape index (κ3) is 2.62. The van der Waals surface area contributed by atoms with Crippen molar-refractivity contribution in [3.05, 3.63) is 24.0 Å². The molecule has 2 aliphatic heterocycles. The van der Waals surface area contributed by atoms with Crippen molar-refractivity contribution in [3.63, 3.8) is 0 Å². The molecule has 0 saturated carbocycles. The molecule has 102 valence electrons. The molecule has 2 atom stereocenters. The van der Waals surface area contributed by atoms with Crippen LogP contribution in [0.5, 0.6) is 0 Å². The molecule has 5 heteroatoms. The molecule has 19 heavy (non-hydrogen) atoms. The number of nitrogen functional groups attached to an aromatic ring is 1. The molecule has 2 fully saturated rings. The van der Waals surface area contributed by atoms with Gasteiger partial charge in [0.15, 0.2) is 5.78 Å². The van der Waals surface area contributed by atoms with E-state index in [0.717, 1.165) is 30.8 Å². The lowest BCUT2D eigenvalue weighted by atomic mass is 9.82. The predicted molar refractivity (Wildman–Crippen MR) is 76.3 cm³/mol. The second kappa shape index (κ2) is 5.13. The van der Waals surface area contributed by atoms with Crippen LogP contribution in [0.3, 0.4) is 0 Å². The molecule has 0 amide bonds. The van der Waals surface area contributed by atoms with Gasteiger partial charge < -0.3 is 10.5 Å². The first-order valence-electron chi connectivity index (χ1n) is 6.66. The second-order valence-electron chi connectivity index (χ2n) is 5.36. The van der Waals surface area contributed by atoms with E-state index in [-0.39, 0.29) is 17.3 Å². The molecule has 3 heterocycles. The monoisotopic (exact) mass is 278 g/mol. The van der Waals surface area contributed by atoms with Gasteiger partial charge in [-0.25, -0.2) is 0 Å². The van der Waals surface area contributed by atoms with Crippen LogP contribution in [0.2, 0.25) is 0 Å². The number of pyridine rings is 1. The van der Waals surface area contributed by atoms with Crippen molar-refractivity contribution in [1.82, 2.24) is 4.98 Å². The molecule has 0 aromatic carbocycles. The number of anilines is 1. The summed E-state index contributed by atoms with van der Waals surface area (Å²) in [5.41, 5.74) is 6.66. The first-order valence-corrected chi connectivity index (χ1v) is 7.81. The Bertz CT molecular complexity index is 469. The van der Waals surface area contributed by atoms with Crippen molar-refractivity contribution in [1.29, 1.82) is 0 Å². The van der Waals surface area contributed by atoms with Gasteiger partial charge in [0, 0.05) is 18.3 Å². The Morgan fingerprint density at radius 1 is 1.53 bits per heavy atom. The zero-order chi connectivity index (χ0) is 13.3. The summed E-state index contributed by atoms with van der Waals surface area (Å²) in [6, 6.07) is 3.46. The maximum Gasteiger partial charge on any atom is 0.184 e. The van der Waals surface area contributed by atoms with E-state index in [2.05, 4.69) is 4.98 Å². The zero-order valence-electron chi connectivity index (χ0n) is 10.8. The Morgan fingerprint density at radius 3 is 3.11 bits per heavy atom. The van der Waals surface area contributed by atoms with Crippen LogP contribution in [0.1, 0.15) is 29.8 Å². The van der Waals surface area contributed by atoms with Gasteiger partial charge in [-0.2, -0.15) is 11.8 Å². The minimum Gasteiger partial charge on any atom is -0.397 e. The third-order valence-corrected chi connectivity index (χ3v) is 5.19. The number of ketones is 1. The van der Waals surface area contributed by atoms with E-state index in [9.17, 15) is 4.79 Å². The molecule has 3 rings (SSSR count).